The third-order valence-corrected chi connectivity index (χ3v) is 3.31. The summed E-state index contributed by atoms with van der Waals surface area (Å²) in [6.45, 7) is -0.508. The number of aliphatic hydroxyl groups excluding tert-OH is 4. The smallest absolute Gasteiger partial charge is 0.229 e. The van der Waals surface area contributed by atoms with Crippen molar-refractivity contribution in [3.05, 3.63) is 29.8 Å². The van der Waals surface area contributed by atoms with Gasteiger partial charge in [-0.1, -0.05) is 12.1 Å². The fourth-order valence-electron chi connectivity index (χ4n) is 2.08. The number of hydrogen-bond donors (Lipinski definition) is 4. The lowest BCUT2D eigenvalue weighted by molar-refractivity contribution is -0.277. The van der Waals surface area contributed by atoms with Gasteiger partial charge < -0.3 is 29.9 Å². The van der Waals surface area contributed by atoms with Gasteiger partial charge in [-0.2, -0.15) is 5.26 Å². The lowest BCUT2D eigenvalue weighted by Gasteiger charge is -2.39. The molecular weight excluding hydrogens is 278 g/mol. The van der Waals surface area contributed by atoms with Gasteiger partial charge in [0, 0.05) is 0 Å². The SMILES string of the molecule is N#CCc1ccc(O[C@@H]2O[C@H](CO)[C@@H](O)[C@H](O)[C@H]2O)cc1. The van der Waals surface area contributed by atoms with Crippen molar-refractivity contribution in [2.24, 2.45) is 0 Å². The quantitative estimate of drug-likeness (QED) is 0.558. The second-order valence-electron chi connectivity index (χ2n) is 4.79. The molecule has 0 radical (unpaired) electrons. The molecule has 114 valence electrons. The van der Waals surface area contributed by atoms with E-state index in [4.69, 9.17) is 19.8 Å². The van der Waals surface area contributed by atoms with Crippen LogP contribution in [0, 0.1) is 11.3 Å². The average molecular weight is 295 g/mol. The Kier molecular flexibility index (Phi) is 5.12. The van der Waals surface area contributed by atoms with Gasteiger partial charge >= 0.3 is 0 Å². The number of benzene rings is 1. The molecule has 4 N–H and O–H groups in total. The van der Waals surface area contributed by atoms with Crippen LogP contribution < -0.4 is 4.74 Å². The van der Waals surface area contributed by atoms with E-state index in [0.717, 1.165) is 5.56 Å². The fourth-order valence-corrected chi connectivity index (χ4v) is 2.08. The van der Waals surface area contributed by atoms with Crippen LogP contribution in [0.15, 0.2) is 24.3 Å². The summed E-state index contributed by atoms with van der Waals surface area (Å²) in [6.07, 6.45) is -6.27. The lowest BCUT2D eigenvalue weighted by atomic mass is 9.99. The van der Waals surface area contributed by atoms with Crippen LogP contribution in [0.3, 0.4) is 0 Å². The van der Waals surface area contributed by atoms with E-state index in [0.29, 0.717) is 5.75 Å². The van der Waals surface area contributed by atoms with Crippen LogP contribution in [0.2, 0.25) is 0 Å². The minimum absolute atomic E-state index is 0.278. The summed E-state index contributed by atoms with van der Waals surface area (Å²) in [4.78, 5) is 0. The topological polar surface area (TPSA) is 123 Å². The Morgan fingerprint density at radius 3 is 2.33 bits per heavy atom. The minimum Gasteiger partial charge on any atom is -0.462 e. The van der Waals surface area contributed by atoms with Gasteiger partial charge in [0.15, 0.2) is 0 Å². The van der Waals surface area contributed by atoms with Crippen molar-refractivity contribution in [1.29, 1.82) is 5.26 Å². The normalized spacial score (nSPS) is 32.4. The molecule has 5 atom stereocenters. The van der Waals surface area contributed by atoms with Crippen molar-refractivity contribution in [2.45, 2.75) is 37.1 Å². The lowest BCUT2D eigenvalue weighted by Crippen LogP contribution is -2.60. The molecule has 2 rings (SSSR count). The van der Waals surface area contributed by atoms with Crippen molar-refractivity contribution >= 4 is 0 Å². The van der Waals surface area contributed by atoms with Gasteiger partial charge in [-0.05, 0) is 17.7 Å². The summed E-state index contributed by atoms with van der Waals surface area (Å²) in [5, 5.41) is 46.8. The first kappa shape index (κ1) is 15.7. The van der Waals surface area contributed by atoms with Crippen LogP contribution in [0.5, 0.6) is 5.75 Å². The van der Waals surface area contributed by atoms with Gasteiger partial charge in [-0.3, -0.25) is 0 Å². The number of nitrogens with zero attached hydrogens (tertiary/aromatic N) is 1. The van der Waals surface area contributed by atoms with E-state index in [2.05, 4.69) is 0 Å². The van der Waals surface area contributed by atoms with Gasteiger partial charge in [0.05, 0.1) is 19.1 Å². The first-order valence-corrected chi connectivity index (χ1v) is 6.50. The number of rotatable bonds is 4. The maximum Gasteiger partial charge on any atom is 0.229 e. The summed E-state index contributed by atoms with van der Waals surface area (Å²) >= 11 is 0. The zero-order chi connectivity index (χ0) is 15.4. The highest BCUT2D eigenvalue weighted by Crippen LogP contribution is 2.24. The first-order valence-electron chi connectivity index (χ1n) is 6.50. The molecule has 1 aliphatic heterocycles. The molecule has 0 unspecified atom stereocenters. The number of nitriles is 1. The summed E-state index contributed by atoms with van der Waals surface area (Å²) < 4.78 is 10.6. The van der Waals surface area contributed by atoms with E-state index in [1.807, 2.05) is 6.07 Å². The van der Waals surface area contributed by atoms with Gasteiger partial charge in [-0.25, -0.2) is 0 Å². The van der Waals surface area contributed by atoms with Crippen molar-refractivity contribution < 1.29 is 29.9 Å². The average Bonchev–Trinajstić information content (AvgIpc) is 2.50. The molecule has 1 aliphatic rings. The predicted molar refractivity (Wildman–Crippen MR) is 70.2 cm³/mol. The second kappa shape index (κ2) is 6.85. The second-order valence-corrected chi connectivity index (χ2v) is 4.79. The van der Waals surface area contributed by atoms with Gasteiger partial charge in [-0.15, -0.1) is 0 Å². The largest absolute Gasteiger partial charge is 0.462 e. The van der Waals surface area contributed by atoms with Crippen LogP contribution in [-0.4, -0.2) is 57.7 Å². The van der Waals surface area contributed by atoms with E-state index in [1.54, 1.807) is 24.3 Å². The Morgan fingerprint density at radius 2 is 1.76 bits per heavy atom. The van der Waals surface area contributed by atoms with E-state index in [-0.39, 0.29) is 6.42 Å². The molecule has 1 aromatic carbocycles. The molecule has 1 heterocycles. The van der Waals surface area contributed by atoms with Crippen molar-refractivity contribution in [3.8, 4) is 11.8 Å². The molecule has 0 aliphatic carbocycles. The van der Waals surface area contributed by atoms with Crippen LogP contribution in [0.25, 0.3) is 0 Å². The highest BCUT2D eigenvalue weighted by Gasteiger charge is 2.44. The van der Waals surface area contributed by atoms with Crippen LogP contribution in [-0.2, 0) is 11.2 Å². The Labute approximate surface area is 121 Å². The van der Waals surface area contributed by atoms with Gasteiger partial charge in [0.2, 0.25) is 6.29 Å². The number of hydrogen-bond acceptors (Lipinski definition) is 7. The maximum absolute atomic E-state index is 9.84. The number of aliphatic hydroxyl groups is 4. The molecule has 7 nitrogen and oxygen atoms in total. The molecule has 0 amide bonds. The molecule has 21 heavy (non-hydrogen) atoms. The Morgan fingerprint density at radius 1 is 1.10 bits per heavy atom. The van der Waals surface area contributed by atoms with E-state index >= 15 is 0 Å². The molecular formula is C14H17NO6. The van der Waals surface area contributed by atoms with Crippen molar-refractivity contribution in [3.63, 3.8) is 0 Å². The Hall–Kier alpha value is -1.69. The fraction of sp³-hybridized carbons (Fsp3) is 0.500. The molecule has 1 fully saturated rings. The van der Waals surface area contributed by atoms with Gasteiger partial charge in [0.25, 0.3) is 0 Å². The molecule has 0 saturated carbocycles. The maximum atomic E-state index is 9.84. The summed E-state index contributed by atoms with van der Waals surface area (Å²) in [5.41, 5.74) is 0.818. The summed E-state index contributed by atoms with van der Waals surface area (Å²) in [6, 6.07) is 8.63. The monoisotopic (exact) mass is 295 g/mol. The molecule has 1 aromatic rings. The van der Waals surface area contributed by atoms with Crippen molar-refractivity contribution in [2.75, 3.05) is 6.61 Å². The van der Waals surface area contributed by atoms with Gasteiger partial charge in [0.1, 0.15) is 30.2 Å². The standard InChI is InChI=1S/C14H17NO6/c15-6-5-8-1-3-9(4-2-8)20-14-13(19)12(18)11(17)10(7-16)21-14/h1-4,10-14,16-19H,5,7H2/t10-,11-,12+,13-,14-/m1/s1. The number of ether oxygens (including phenoxy) is 2. The summed E-state index contributed by atoms with van der Waals surface area (Å²) in [7, 11) is 0. The van der Waals surface area contributed by atoms with Crippen LogP contribution >= 0.6 is 0 Å². The molecule has 7 heteroatoms. The van der Waals surface area contributed by atoms with E-state index in [1.165, 1.54) is 0 Å². The predicted octanol–water partition coefficient (Wildman–Crippen LogP) is -1.07. The zero-order valence-electron chi connectivity index (χ0n) is 11.2. The highest BCUT2D eigenvalue weighted by molar-refractivity contribution is 5.28. The van der Waals surface area contributed by atoms with E-state index < -0.39 is 37.3 Å². The van der Waals surface area contributed by atoms with Crippen molar-refractivity contribution in [1.82, 2.24) is 0 Å². The third kappa shape index (κ3) is 3.50. The highest BCUT2D eigenvalue weighted by atomic mass is 16.7. The van der Waals surface area contributed by atoms with E-state index in [9.17, 15) is 15.3 Å². The van der Waals surface area contributed by atoms with Crippen LogP contribution in [0.4, 0.5) is 0 Å². The molecule has 0 bridgehead atoms. The molecule has 0 aromatic heterocycles. The third-order valence-electron chi connectivity index (χ3n) is 3.31. The zero-order valence-corrected chi connectivity index (χ0v) is 11.2. The van der Waals surface area contributed by atoms with Crippen LogP contribution in [0.1, 0.15) is 5.56 Å². The minimum atomic E-state index is -1.47. The Bertz CT molecular complexity index is 497. The molecule has 0 spiro atoms. The summed E-state index contributed by atoms with van der Waals surface area (Å²) in [5.74, 6) is 0.376. The molecule has 1 saturated heterocycles. The first-order chi connectivity index (χ1) is 10.1. The Balaban J connectivity index is 2.05.